The van der Waals surface area contributed by atoms with Crippen molar-refractivity contribution in [1.29, 1.82) is 0 Å². The number of amides is 1. The van der Waals surface area contributed by atoms with E-state index in [0.29, 0.717) is 18.0 Å². The van der Waals surface area contributed by atoms with Gasteiger partial charge in [0.15, 0.2) is 6.29 Å². The number of aliphatic imine (C=N–C) groups is 1. The summed E-state index contributed by atoms with van der Waals surface area (Å²) in [6.07, 6.45) is 8.85. The zero-order valence-corrected chi connectivity index (χ0v) is 19.0. The van der Waals surface area contributed by atoms with E-state index in [1.807, 2.05) is 35.4 Å². The number of carbonyl (C=O) groups is 1. The first-order chi connectivity index (χ1) is 15.0. The molecule has 7 nitrogen and oxygen atoms in total. The molecule has 0 saturated carbocycles. The van der Waals surface area contributed by atoms with E-state index in [-0.39, 0.29) is 17.4 Å². The van der Waals surface area contributed by atoms with Gasteiger partial charge in [-0.05, 0) is 49.5 Å². The Balaban J connectivity index is 1.27. The minimum atomic E-state index is -0.983. The highest BCUT2D eigenvalue weighted by molar-refractivity contribution is 7.85. The van der Waals surface area contributed by atoms with Crippen molar-refractivity contribution in [3.8, 4) is 0 Å². The van der Waals surface area contributed by atoms with Crippen LogP contribution in [0.5, 0.6) is 0 Å². The maximum absolute atomic E-state index is 13.0. The van der Waals surface area contributed by atoms with Gasteiger partial charge in [-0.1, -0.05) is 26.0 Å². The third-order valence-corrected chi connectivity index (χ3v) is 7.56. The lowest BCUT2D eigenvalue weighted by molar-refractivity contribution is -0.117. The van der Waals surface area contributed by atoms with Crippen LogP contribution >= 0.6 is 0 Å². The van der Waals surface area contributed by atoms with E-state index in [0.717, 1.165) is 42.9 Å². The smallest absolute Gasteiger partial charge is 0.254 e. The van der Waals surface area contributed by atoms with Crippen LogP contribution in [-0.4, -0.2) is 57.3 Å². The molecular weight excluding hydrogens is 410 g/mol. The number of nitrogens with one attached hydrogen (secondary N) is 2. The van der Waals surface area contributed by atoms with Crippen LogP contribution in [0.25, 0.3) is 0 Å². The number of hydrogen-bond donors (Lipinski definition) is 2. The van der Waals surface area contributed by atoms with Gasteiger partial charge in [-0.25, -0.2) is 4.99 Å². The van der Waals surface area contributed by atoms with Crippen molar-refractivity contribution in [3.05, 3.63) is 54.0 Å². The van der Waals surface area contributed by atoms with Gasteiger partial charge in [0.2, 0.25) is 0 Å². The Hall–Kier alpha value is -2.45. The van der Waals surface area contributed by atoms with Crippen molar-refractivity contribution in [3.63, 3.8) is 0 Å². The lowest BCUT2D eigenvalue weighted by atomic mass is 10.1. The quantitative estimate of drug-likeness (QED) is 0.678. The van der Waals surface area contributed by atoms with Gasteiger partial charge in [-0.15, -0.1) is 0 Å². The summed E-state index contributed by atoms with van der Waals surface area (Å²) in [6, 6.07) is 7.78. The average molecular weight is 442 g/mol. The Bertz CT molecular complexity index is 901. The highest BCUT2D eigenvalue weighted by Crippen LogP contribution is 2.22. The number of rotatable bonds is 7. The van der Waals surface area contributed by atoms with Crippen molar-refractivity contribution in [1.82, 2.24) is 20.4 Å². The van der Waals surface area contributed by atoms with Crippen molar-refractivity contribution in [2.75, 3.05) is 19.6 Å². The SMILES string of the molecule is CC(C)CN1CCC(S(=O)c2ccc(CNC(=O)C3=CN4C=CNC4N=C3)cc2)CC1. The van der Waals surface area contributed by atoms with Crippen molar-refractivity contribution >= 4 is 22.9 Å². The van der Waals surface area contributed by atoms with Gasteiger partial charge in [0.05, 0.1) is 16.4 Å². The molecule has 4 rings (SSSR count). The molecule has 166 valence electrons. The van der Waals surface area contributed by atoms with Gasteiger partial charge >= 0.3 is 0 Å². The van der Waals surface area contributed by atoms with E-state index in [1.54, 1.807) is 18.6 Å². The first-order valence-corrected chi connectivity index (χ1v) is 12.2. The van der Waals surface area contributed by atoms with Crippen LogP contribution in [0.15, 0.2) is 58.3 Å². The first-order valence-electron chi connectivity index (χ1n) is 10.9. The maximum Gasteiger partial charge on any atom is 0.254 e. The monoisotopic (exact) mass is 441 g/mol. The number of nitrogens with zero attached hydrogens (tertiary/aromatic N) is 3. The zero-order valence-electron chi connectivity index (χ0n) is 18.2. The molecule has 0 radical (unpaired) electrons. The van der Waals surface area contributed by atoms with Crippen molar-refractivity contribution in [2.45, 2.75) is 49.7 Å². The predicted octanol–water partition coefficient (Wildman–Crippen LogP) is 2.16. The molecule has 0 bridgehead atoms. The van der Waals surface area contributed by atoms with E-state index < -0.39 is 10.8 Å². The molecule has 2 atom stereocenters. The lowest BCUT2D eigenvalue weighted by Gasteiger charge is -2.32. The molecule has 8 heteroatoms. The molecule has 1 saturated heterocycles. The molecule has 1 aromatic carbocycles. The van der Waals surface area contributed by atoms with Crippen LogP contribution in [0.3, 0.4) is 0 Å². The van der Waals surface area contributed by atoms with Crippen molar-refractivity contribution in [2.24, 2.45) is 10.9 Å². The number of benzene rings is 1. The summed E-state index contributed by atoms with van der Waals surface area (Å²) < 4.78 is 13.0. The normalized spacial score (nSPS) is 22.2. The topological polar surface area (TPSA) is 77.0 Å². The largest absolute Gasteiger partial charge is 0.351 e. The van der Waals surface area contributed by atoms with E-state index in [1.165, 1.54) is 0 Å². The molecule has 1 fully saturated rings. The highest BCUT2D eigenvalue weighted by Gasteiger charge is 2.25. The molecule has 0 spiro atoms. The molecule has 3 aliphatic rings. The molecule has 31 heavy (non-hydrogen) atoms. The summed E-state index contributed by atoms with van der Waals surface area (Å²) in [6.45, 7) is 8.08. The molecule has 3 heterocycles. The van der Waals surface area contributed by atoms with E-state index in [4.69, 9.17) is 0 Å². The van der Waals surface area contributed by atoms with Gasteiger partial charge in [-0.3, -0.25) is 9.00 Å². The number of hydrogen-bond acceptors (Lipinski definition) is 6. The van der Waals surface area contributed by atoms with Crippen LogP contribution in [-0.2, 0) is 22.1 Å². The van der Waals surface area contributed by atoms with Crippen LogP contribution in [0.1, 0.15) is 32.3 Å². The minimum Gasteiger partial charge on any atom is -0.351 e. The standard InChI is InChI=1S/C23H31N5O2S/c1-17(2)15-27-10-7-21(8-11-27)31(30)20-5-3-18(4-6-20)13-25-22(29)19-14-26-23-24-9-12-28(23)16-19/h3-6,9,12,14,16-17,21,23-24H,7-8,10-11,13,15H2,1-2H3,(H,25,29). The van der Waals surface area contributed by atoms with Crippen LogP contribution in [0, 0.1) is 5.92 Å². The van der Waals surface area contributed by atoms with Crippen LogP contribution in [0.2, 0.25) is 0 Å². The Morgan fingerprint density at radius 2 is 2.00 bits per heavy atom. The summed E-state index contributed by atoms with van der Waals surface area (Å²) in [5, 5.41) is 6.22. The number of likely N-dealkylation sites (tertiary alicyclic amines) is 1. The maximum atomic E-state index is 13.0. The number of carbonyl (C=O) groups excluding carboxylic acids is 1. The molecule has 3 aliphatic heterocycles. The van der Waals surface area contributed by atoms with Crippen molar-refractivity contribution < 1.29 is 9.00 Å². The second-order valence-corrected chi connectivity index (χ2v) is 10.4. The van der Waals surface area contributed by atoms with Gasteiger partial charge in [0, 0.05) is 48.0 Å². The van der Waals surface area contributed by atoms with E-state index >= 15 is 0 Å². The first kappa shape index (κ1) is 21.8. The second-order valence-electron chi connectivity index (χ2n) is 8.68. The molecular formula is C23H31N5O2S. The number of fused-ring (bicyclic) bond motifs is 1. The Kier molecular flexibility index (Phi) is 6.87. The zero-order chi connectivity index (χ0) is 21.8. The summed E-state index contributed by atoms with van der Waals surface area (Å²) >= 11 is 0. The summed E-state index contributed by atoms with van der Waals surface area (Å²) in [5.74, 6) is 0.506. The van der Waals surface area contributed by atoms with E-state index in [9.17, 15) is 9.00 Å². The summed E-state index contributed by atoms with van der Waals surface area (Å²) in [4.78, 5) is 22.0. The highest BCUT2D eigenvalue weighted by atomic mass is 32.2. The minimum absolute atomic E-state index is 0.146. The Morgan fingerprint density at radius 3 is 2.71 bits per heavy atom. The van der Waals surface area contributed by atoms with Crippen LogP contribution < -0.4 is 10.6 Å². The number of piperidine rings is 1. The predicted molar refractivity (Wildman–Crippen MR) is 123 cm³/mol. The van der Waals surface area contributed by atoms with Gasteiger partial charge in [-0.2, -0.15) is 0 Å². The molecule has 2 N–H and O–H groups in total. The van der Waals surface area contributed by atoms with E-state index in [2.05, 4.69) is 34.4 Å². The fraction of sp³-hybridized carbons (Fsp3) is 0.478. The average Bonchev–Trinajstić information content (AvgIpc) is 3.25. The molecule has 1 aromatic rings. The molecule has 0 aromatic heterocycles. The van der Waals surface area contributed by atoms with Gasteiger partial charge in [0.25, 0.3) is 5.91 Å². The third-order valence-electron chi connectivity index (χ3n) is 5.75. The van der Waals surface area contributed by atoms with Gasteiger partial charge in [0.1, 0.15) is 0 Å². The Morgan fingerprint density at radius 1 is 1.26 bits per heavy atom. The fourth-order valence-corrected chi connectivity index (χ4v) is 5.55. The Labute approximate surface area is 186 Å². The summed E-state index contributed by atoms with van der Waals surface area (Å²) in [7, 11) is -0.983. The molecule has 1 amide bonds. The lowest BCUT2D eigenvalue weighted by Crippen LogP contribution is -2.39. The fourth-order valence-electron chi connectivity index (χ4n) is 4.12. The second kappa shape index (κ2) is 9.78. The van der Waals surface area contributed by atoms with Crippen LogP contribution in [0.4, 0.5) is 0 Å². The molecule has 0 aliphatic carbocycles. The summed E-state index contributed by atoms with van der Waals surface area (Å²) in [5.41, 5.74) is 1.50. The van der Waals surface area contributed by atoms with Gasteiger partial charge < -0.3 is 20.4 Å². The third kappa shape index (κ3) is 5.43. The molecule has 2 unspecified atom stereocenters.